The monoisotopic (exact) mass is 411 g/mol. The normalized spacial score (nSPS) is 11.0. The molecular formula is C23H17N5OS. The fourth-order valence-electron chi connectivity index (χ4n) is 3.21. The van der Waals surface area contributed by atoms with Crippen molar-refractivity contribution in [3.8, 4) is 21.7 Å². The zero-order valence-electron chi connectivity index (χ0n) is 16.1. The van der Waals surface area contributed by atoms with Gasteiger partial charge in [0, 0.05) is 16.8 Å². The van der Waals surface area contributed by atoms with E-state index in [-0.39, 0.29) is 5.91 Å². The van der Waals surface area contributed by atoms with Crippen LogP contribution in [0.3, 0.4) is 0 Å². The molecule has 6 nitrogen and oxygen atoms in total. The Labute approximate surface area is 176 Å². The summed E-state index contributed by atoms with van der Waals surface area (Å²) in [5.41, 5.74) is 4.44. The Morgan fingerprint density at radius 1 is 0.867 bits per heavy atom. The van der Waals surface area contributed by atoms with Gasteiger partial charge in [-0.25, -0.2) is 0 Å². The van der Waals surface area contributed by atoms with E-state index in [1.807, 2.05) is 85.8 Å². The quantitative estimate of drug-likeness (QED) is 0.448. The van der Waals surface area contributed by atoms with Crippen molar-refractivity contribution in [1.29, 1.82) is 0 Å². The van der Waals surface area contributed by atoms with Crippen molar-refractivity contribution in [3.05, 3.63) is 90.3 Å². The van der Waals surface area contributed by atoms with Gasteiger partial charge >= 0.3 is 0 Å². The van der Waals surface area contributed by atoms with Gasteiger partial charge < -0.3 is 5.32 Å². The molecule has 0 aliphatic heterocycles. The molecule has 3 aromatic carbocycles. The average Bonchev–Trinajstić information content (AvgIpc) is 3.37. The second-order valence-electron chi connectivity index (χ2n) is 6.83. The molecule has 0 radical (unpaired) electrons. The molecule has 30 heavy (non-hydrogen) atoms. The molecule has 0 spiro atoms. The molecule has 0 aliphatic rings. The number of carbonyl (C=O) groups excluding carboxylic acids is 1. The van der Waals surface area contributed by atoms with Crippen molar-refractivity contribution >= 4 is 27.9 Å². The van der Waals surface area contributed by atoms with Crippen LogP contribution in [0.5, 0.6) is 0 Å². The molecule has 5 rings (SSSR count). The third-order valence-electron chi connectivity index (χ3n) is 4.77. The maximum atomic E-state index is 12.7. The maximum Gasteiger partial charge on any atom is 0.255 e. The van der Waals surface area contributed by atoms with Gasteiger partial charge in [0.25, 0.3) is 5.91 Å². The van der Waals surface area contributed by atoms with E-state index in [1.54, 1.807) is 4.52 Å². The van der Waals surface area contributed by atoms with Crippen LogP contribution in [0.25, 0.3) is 26.7 Å². The number of rotatable bonds is 4. The van der Waals surface area contributed by atoms with Gasteiger partial charge in [0.2, 0.25) is 4.96 Å². The second kappa shape index (κ2) is 7.53. The van der Waals surface area contributed by atoms with Gasteiger partial charge in [-0.15, -0.1) is 10.2 Å². The summed E-state index contributed by atoms with van der Waals surface area (Å²) in [5, 5.41) is 16.5. The lowest BCUT2D eigenvalue weighted by molar-refractivity contribution is 0.102. The van der Waals surface area contributed by atoms with Gasteiger partial charge in [-0.05, 0) is 42.3 Å². The molecule has 7 heteroatoms. The van der Waals surface area contributed by atoms with Crippen molar-refractivity contribution in [2.75, 3.05) is 5.32 Å². The first kappa shape index (κ1) is 18.2. The van der Waals surface area contributed by atoms with Crippen molar-refractivity contribution in [1.82, 2.24) is 19.8 Å². The lowest BCUT2D eigenvalue weighted by Crippen LogP contribution is -2.11. The number of benzene rings is 3. The average molecular weight is 411 g/mol. The minimum absolute atomic E-state index is 0.152. The first-order valence-corrected chi connectivity index (χ1v) is 10.3. The maximum absolute atomic E-state index is 12.7. The van der Waals surface area contributed by atoms with Gasteiger partial charge in [-0.1, -0.05) is 65.9 Å². The number of fused-ring (bicyclic) bond motifs is 1. The number of anilines is 1. The minimum atomic E-state index is -0.152. The lowest BCUT2D eigenvalue weighted by Gasteiger charge is -2.08. The summed E-state index contributed by atoms with van der Waals surface area (Å²) in [4.78, 5) is 13.5. The summed E-state index contributed by atoms with van der Waals surface area (Å²) >= 11 is 1.46. The summed E-state index contributed by atoms with van der Waals surface area (Å²) in [7, 11) is 0. The van der Waals surface area contributed by atoms with Gasteiger partial charge in [0.15, 0.2) is 5.82 Å². The Morgan fingerprint density at radius 2 is 1.60 bits per heavy atom. The molecule has 146 valence electrons. The largest absolute Gasteiger partial charge is 0.322 e. The predicted octanol–water partition coefficient (Wildman–Crippen LogP) is 5.08. The number of nitrogens with one attached hydrogen (secondary N) is 1. The standard InChI is InChI=1S/C23H17N5OS/c1-15-25-26-23-28(15)27-22(30-23)19-8-5-9-20(14-19)24-21(29)18-12-10-17(11-13-18)16-6-3-2-4-7-16/h2-14H,1H3,(H,24,29). The lowest BCUT2D eigenvalue weighted by atomic mass is 10.0. The van der Waals surface area contributed by atoms with Crippen molar-refractivity contribution in [2.24, 2.45) is 0 Å². The molecular weight excluding hydrogens is 394 g/mol. The fraction of sp³-hybridized carbons (Fsp3) is 0.0435. The number of aromatic nitrogens is 4. The molecule has 1 N–H and O–H groups in total. The molecule has 0 bridgehead atoms. The highest BCUT2D eigenvalue weighted by atomic mass is 32.1. The zero-order valence-corrected chi connectivity index (χ0v) is 16.9. The van der Waals surface area contributed by atoms with Crippen LogP contribution in [0.2, 0.25) is 0 Å². The smallest absolute Gasteiger partial charge is 0.255 e. The van der Waals surface area contributed by atoms with Gasteiger partial charge in [0.05, 0.1) is 0 Å². The van der Waals surface area contributed by atoms with Gasteiger partial charge in [-0.2, -0.15) is 9.61 Å². The first-order chi connectivity index (χ1) is 14.7. The fourth-order valence-corrected chi connectivity index (χ4v) is 4.09. The predicted molar refractivity (Wildman–Crippen MR) is 119 cm³/mol. The van der Waals surface area contributed by atoms with Crippen LogP contribution in [-0.4, -0.2) is 25.7 Å². The van der Waals surface area contributed by atoms with E-state index in [0.29, 0.717) is 11.3 Å². The van der Waals surface area contributed by atoms with Crippen LogP contribution >= 0.6 is 11.3 Å². The Hall–Kier alpha value is -3.84. The highest BCUT2D eigenvalue weighted by Crippen LogP contribution is 2.27. The van der Waals surface area contributed by atoms with E-state index in [0.717, 1.165) is 32.5 Å². The molecule has 0 unspecified atom stereocenters. The summed E-state index contributed by atoms with van der Waals surface area (Å²) < 4.78 is 1.72. The molecule has 0 saturated carbocycles. The summed E-state index contributed by atoms with van der Waals surface area (Å²) in [5.74, 6) is 0.594. The van der Waals surface area contributed by atoms with Crippen LogP contribution < -0.4 is 5.32 Å². The van der Waals surface area contributed by atoms with Crippen LogP contribution in [0.4, 0.5) is 5.69 Å². The van der Waals surface area contributed by atoms with E-state index in [4.69, 9.17) is 0 Å². The molecule has 0 aliphatic carbocycles. The van der Waals surface area contributed by atoms with Crippen LogP contribution in [0.1, 0.15) is 16.2 Å². The molecule has 0 fully saturated rings. The van der Waals surface area contributed by atoms with Crippen LogP contribution in [0.15, 0.2) is 78.9 Å². The number of amides is 1. The zero-order chi connectivity index (χ0) is 20.5. The summed E-state index contributed by atoms with van der Waals surface area (Å²) in [6.45, 7) is 1.86. The molecule has 0 atom stereocenters. The van der Waals surface area contributed by atoms with E-state index < -0.39 is 0 Å². The molecule has 5 aromatic rings. The Morgan fingerprint density at radius 3 is 2.37 bits per heavy atom. The van der Waals surface area contributed by atoms with Crippen molar-refractivity contribution in [3.63, 3.8) is 0 Å². The van der Waals surface area contributed by atoms with Gasteiger partial charge in [0.1, 0.15) is 5.01 Å². The van der Waals surface area contributed by atoms with E-state index >= 15 is 0 Å². The first-order valence-electron chi connectivity index (χ1n) is 9.43. The number of hydrogen-bond acceptors (Lipinski definition) is 5. The van der Waals surface area contributed by atoms with E-state index in [9.17, 15) is 4.79 Å². The number of nitrogens with zero attached hydrogens (tertiary/aromatic N) is 4. The third kappa shape index (κ3) is 3.46. The van der Waals surface area contributed by atoms with Crippen molar-refractivity contribution < 1.29 is 4.79 Å². The number of carbonyl (C=O) groups is 1. The highest BCUT2D eigenvalue weighted by Gasteiger charge is 2.12. The third-order valence-corrected chi connectivity index (χ3v) is 5.72. The molecule has 2 heterocycles. The van der Waals surface area contributed by atoms with E-state index in [2.05, 4.69) is 20.6 Å². The van der Waals surface area contributed by atoms with Gasteiger partial charge in [-0.3, -0.25) is 4.79 Å². The summed E-state index contributed by atoms with van der Waals surface area (Å²) in [6, 6.07) is 25.3. The Bertz CT molecular complexity index is 1340. The minimum Gasteiger partial charge on any atom is -0.322 e. The number of hydrogen-bond donors (Lipinski definition) is 1. The van der Waals surface area contributed by atoms with Crippen molar-refractivity contribution in [2.45, 2.75) is 6.92 Å². The molecule has 1 amide bonds. The highest BCUT2D eigenvalue weighted by molar-refractivity contribution is 7.19. The summed E-state index contributed by atoms with van der Waals surface area (Å²) in [6.07, 6.45) is 0. The van der Waals surface area contributed by atoms with E-state index in [1.165, 1.54) is 11.3 Å². The molecule has 2 aromatic heterocycles. The Balaban J connectivity index is 1.35. The Kier molecular flexibility index (Phi) is 4.57. The SMILES string of the molecule is Cc1nnc2sc(-c3cccc(NC(=O)c4ccc(-c5ccccc5)cc4)c3)nn12. The van der Waals surface area contributed by atoms with Crippen LogP contribution in [0, 0.1) is 6.92 Å². The second-order valence-corrected chi connectivity index (χ2v) is 7.78. The molecule has 0 saturated heterocycles. The topological polar surface area (TPSA) is 72.2 Å². The number of aryl methyl sites for hydroxylation is 1. The van der Waals surface area contributed by atoms with Crippen LogP contribution in [-0.2, 0) is 0 Å².